The highest BCUT2D eigenvalue weighted by atomic mass is 32.2. The van der Waals surface area contributed by atoms with Gasteiger partial charge in [-0.3, -0.25) is 14.8 Å². The Balaban J connectivity index is 1.64. The Morgan fingerprint density at radius 2 is 1.88 bits per heavy atom. The second-order valence-corrected chi connectivity index (χ2v) is 8.07. The Morgan fingerprint density at radius 1 is 1.03 bits per heavy atom. The van der Waals surface area contributed by atoms with Gasteiger partial charge < -0.3 is 0 Å². The van der Waals surface area contributed by atoms with Gasteiger partial charge in [0.25, 0.3) is 0 Å². The highest BCUT2D eigenvalue weighted by Gasteiger charge is 2.19. The summed E-state index contributed by atoms with van der Waals surface area (Å²) in [6.45, 7) is 0.156. The summed E-state index contributed by atoms with van der Waals surface area (Å²) >= 11 is 0. The average molecular weight is 468 g/mol. The lowest BCUT2D eigenvalue weighted by atomic mass is 9.98. The first-order valence-corrected chi connectivity index (χ1v) is 11.2. The molecule has 0 atom stereocenters. The summed E-state index contributed by atoms with van der Waals surface area (Å²) in [4.78, 5) is 26.0. The second-order valence-electron chi connectivity index (χ2n) is 7.24. The van der Waals surface area contributed by atoms with Crippen molar-refractivity contribution in [1.82, 2.24) is 19.7 Å². The van der Waals surface area contributed by atoms with E-state index in [-0.39, 0.29) is 18.5 Å². The van der Waals surface area contributed by atoms with E-state index in [2.05, 4.69) is 19.7 Å². The molecule has 0 radical (unpaired) electrons. The first-order chi connectivity index (χ1) is 15.9. The molecule has 4 rings (SSSR count). The van der Waals surface area contributed by atoms with Crippen LogP contribution in [-0.4, -0.2) is 35.7 Å². The van der Waals surface area contributed by atoms with Gasteiger partial charge in [-0.05, 0) is 60.9 Å². The number of halogens is 2. The van der Waals surface area contributed by atoms with Crippen LogP contribution in [-0.2, 0) is 17.3 Å². The number of aryl methyl sites for hydroxylation is 1. The minimum absolute atomic E-state index is 0.139. The first kappa shape index (κ1) is 22.6. The Labute approximate surface area is 189 Å². The number of pyridine rings is 1. The molecule has 0 aliphatic rings. The zero-order chi connectivity index (χ0) is 23.4. The smallest absolute Gasteiger partial charge is 0.201 e. The Hall–Kier alpha value is -3.63. The minimum Gasteiger partial charge on any atom is -0.288 e. The lowest BCUT2D eigenvalue weighted by Gasteiger charge is -2.09. The number of fused-ring (bicyclic) bond motifs is 1. The third-order valence-corrected chi connectivity index (χ3v) is 5.46. The zero-order valence-corrected chi connectivity index (χ0v) is 18.1. The molecule has 10 heteroatoms. The lowest BCUT2D eigenvalue weighted by molar-refractivity contribution is 0.103. The maximum absolute atomic E-state index is 14.5. The van der Waals surface area contributed by atoms with Crippen molar-refractivity contribution in [2.24, 2.45) is 0 Å². The molecule has 0 aliphatic heterocycles. The summed E-state index contributed by atoms with van der Waals surface area (Å²) in [5, 5.41) is 0. The topological polar surface area (TPSA) is 102 Å². The van der Waals surface area contributed by atoms with E-state index in [1.54, 1.807) is 30.7 Å². The molecule has 0 saturated carbocycles. The van der Waals surface area contributed by atoms with Crippen LogP contribution in [0.1, 0.15) is 27.9 Å². The monoisotopic (exact) mass is 468 g/mol. The Kier molecular flexibility index (Phi) is 6.76. The van der Waals surface area contributed by atoms with Crippen molar-refractivity contribution in [2.75, 3.05) is 6.54 Å². The van der Waals surface area contributed by atoms with Gasteiger partial charge >= 0.3 is 0 Å². The molecule has 168 valence electrons. The second kappa shape index (κ2) is 9.88. The summed E-state index contributed by atoms with van der Waals surface area (Å²) in [7, 11) is -2.72. The van der Waals surface area contributed by atoms with Crippen molar-refractivity contribution in [3.8, 4) is 11.3 Å². The van der Waals surface area contributed by atoms with Crippen LogP contribution in [0.25, 0.3) is 22.3 Å². The summed E-state index contributed by atoms with van der Waals surface area (Å²) < 4.78 is 52.0. The molecular formula is C23H18F2N4O3S. The largest absolute Gasteiger partial charge is 0.288 e. The third-order valence-electron chi connectivity index (χ3n) is 4.98. The number of aromatic nitrogens is 3. The van der Waals surface area contributed by atoms with Crippen LogP contribution in [0.3, 0.4) is 0 Å². The van der Waals surface area contributed by atoms with Crippen molar-refractivity contribution in [2.45, 2.75) is 12.8 Å². The normalized spacial score (nSPS) is 11.2. The summed E-state index contributed by atoms with van der Waals surface area (Å²) in [5.74, 6) is -3.07. The fourth-order valence-electron chi connectivity index (χ4n) is 3.38. The van der Waals surface area contributed by atoms with Crippen LogP contribution in [0.15, 0.2) is 61.1 Å². The fourth-order valence-corrected chi connectivity index (χ4v) is 3.72. The highest BCUT2D eigenvalue weighted by Crippen LogP contribution is 2.23. The van der Waals surface area contributed by atoms with Gasteiger partial charge in [-0.15, -0.1) is 0 Å². The van der Waals surface area contributed by atoms with Crippen molar-refractivity contribution in [3.05, 3.63) is 89.4 Å². The number of nitrogens with zero attached hydrogens (tertiary/aromatic N) is 3. The minimum atomic E-state index is -2.72. The fraction of sp³-hybridized carbons (Fsp3) is 0.130. The molecule has 4 aromatic rings. The molecule has 0 spiro atoms. The molecule has 1 N–H and O–H groups in total. The van der Waals surface area contributed by atoms with E-state index >= 15 is 0 Å². The van der Waals surface area contributed by atoms with Crippen molar-refractivity contribution in [3.63, 3.8) is 0 Å². The maximum Gasteiger partial charge on any atom is 0.201 e. The summed E-state index contributed by atoms with van der Waals surface area (Å²) in [6.07, 6.45) is 5.50. The number of thiol groups is 1. The molecule has 33 heavy (non-hydrogen) atoms. The van der Waals surface area contributed by atoms with Gasteiger partial charge in [-0.25, -0.2) is 26.9 Å². The number of rotatable bonds is 8. The van der Waals surface area contributed by atoms with Crippen molar-refractivity contribution >= 4 is 27.7 Å². The predicted molar refractivity (Wildman–Crippen MR) is 119 cm³/mol. The number of ketones is 1. The van der Waals surface area contributed by atoms with Gasteiger partial charge in [0.1, 0.15) is 0 Å². The quantitative estimate of drug-likeness (QED) is 0.234. The van der Waals surface area contributed by atoms with E-state index < -0.39 is 33.9 Å². The van der Waals surface area contributed by atoms with Crippen LogP contribution in [0.4, 0.5) is 8.78 Å². The molecule has 2 aromatic heterocycles. The van der Waals surface area contributed by atoms with Gasteiger partial charge in [-0.2, -0.15) is 0 Å². The van der Waals surface area contributed by atoms with Crippen LogP contribution < -0.4 is 4.72 Å². The molecule has 0 unspecified atom stereocenters. The van der Waals surface area contributed by atoms with E-state index in [0.717, 1.165) is 11.6 Å². The van der Waals surface area contributed by atoms with Gasteiger partial charge in [0, 0.05) is 30.1 Å². The van der Waals surface area contributed by atoms with Crippen LogP contribution in [0.2, 0.25) is 0 Å². The SMILES string of the molecule is O=C(c1ccc2ncc(-c3cccnc3)nc2c1)c1cc(CCCN[SH](=O)=O)cc(F)c1F. The molecule has 0 amide bonds. The third kappa shape index (κ3) is 5.24. The van der Waals surface area contributed by atoms with Gasteiger partial charge in [0.05, 0.1) is 28.5 Å². The standard InChI is InChI=1S/C23H18F2N4O3S/c24-18-10-14(3-1-8-28-33(31)32)9-17(22(18)25)23(30)15-5-6-19-20(11-15)29-21(13-27-19)16-4-2-7-26-12-16/h2,4-7,9-13,33H,1,3,8H2,(H,28,31,32). The molecule has 0 aliphatic carbocycles. The van der Waals surface area contributed by atoms with E-state index in [4.69, 9.17) is 0 Å². The van der Waals surface area contributed by atoms with Gasteiger partial charge in [0.15, 0.2) is 17.4 Å². The van der Waals surface area contributed by atoms with E-state index in [0.29, 0.717) is 28.7 Å². The predicted octanol–water partition coefficient (Wildman–Crippen LogP) is 3.25. The Morgan fingerprint density at radius 3 is 2.64 bits per heavy atom. The lowest BCUT2D eigenvalue weighted by Crippen LogP contribution is -2.13. The zero-order valence-electron chi connectivity index (χ0n) is 17.2. The van der Waals surface area contributed by atoms with Crippen molar-refractivity contribution in [1.29, 1.82) is 0 Å². The first-order valence-electron chi connectivity index (χ1n) is 10.00. The number of benzene rings is 2. The van der Waals surface area contributed by atoms with E-state index in [1.807, 2.05) is 6.07 Å². The number of carbonyl (C=O) groups is 1. The average Bonchev–Trinajstić information content (AvgIpc) is 2.83. The van der Waals surface area contributed by atoms with Crippen LogP contribution in [0.5, 0.6) is 0 Å². The molecule has 0 saturated heterocycles. The number of carbonyl (C=O) groups excluding carboxylic acids is 1. The highest BCUT2D eigenvalue weighted by molar-refractivity contribution is 7.70. The van der Waals surface area contributed by atoms with Gasteiger partial charge in [-0.1, -0.05) is 0 Å². The Bertz CT molecular complexity index is 1400. The van der Waals surface area contributed by atoms with Crippen LogP contribution >= 0.6 is 0 Å². The number of hydrogen-bond acceptors (Lipinski definition) is 6. The molecule has 2 aromatic carbocycles. The molecule has 0 bridgehead atoms. The van der Waals surface area contributed by atoms with Gasteiger partial charge in [0.2, 0.25) is 10.9 Å². The maximum atomic E-state index is 14.5. The number of hydrogen-bond donors (Lipinski definition) is 2. The van der Waals surface area contributed by atoms with Crippen LogP contribution in [0, 0.1) is 11.6 Å². The van der Waals surface area contributed by atoms with E-state index in [9.17, 15) is 22.0 Å². The molecule has 2 heterocycles. The summed E-state index contributed by atoms with van der Waals surface area (Å²) in [6, 6.07) is 10.5. The molecule has 0 fully saturated rings. The number of nitrogens with one attached hydrogen (secondary N) is 1. The van der Waals surface area contributed by atoms with Crippen molar-refractivity contribution < 1.29 is 22.0 Å². The summed E-state index contributed by atoms with van der Waals surface area (Å²) in [5.41, 5.74) is 2.41. The van der Waals surface area contributed by atoms with E-state index in [1.165, 1.54) is 18.2 Å². The molecular weight excluding hydrogens is 450 g/mol. The molecule has 7 nitrogen and oxygen atoms in total.